The van der Waals surface area contributed by atoms with Gasteiger partial charge in [0, 0.05) is 47.1 Å². The fourth-order valence-electron chi connectivity index (χ4n) is 3.97. The van der Waals surface area contributed by atoms with Crippen LogP contribution in [0.25, 0.3) is 21.9 Å². The minimum absolute atomic E-state index is 0.0331. The molecule has 8 nitrogen and oxygen atoms in total. The molecule has 0 atom stereocenters. The molecule has 0 saturated carbocycles. The number of aliphatic hydroxyl groups is 2. The summed E-state index contributed by atoms with van der Waals surface area (Å²) in [6, 6.07) is 1.84. The third kappa shape index (κ3) is 4.12. The van der Waals surface area contributed by atoms with Crippen molar-refractivity contribution in [1.29, 1.82) is 0 Å². The quantitative estimate of drug-likeness (QED) is 0.451. The molecular formula is C22H27NO7. The number of nitrogens with zero attached hydrogens (tertiary/aromatic N) is 1. The van der Waals surface area contributed by atoms with E-state index in [2.05, 4.69) is 0 Å². The first-order chi connectivity index (χ1) is 14.3. The Bertz CT molecular complexity index is 1140. The average Bonchev–Trinajstić information content (AvgIpc) is 2.98. The Balaban J connectivity index is 2.12. The molecule has 162 valence electrons. The zero-order chi connectivity index (χ0) is 22.0. The fourth-order valence-corrected chi connectivity index (χ4v) is 3.97. The first-order valence-electron chi connectivity index (χ1n) is 9.92. The van der Waals surface area contributed by atoms with Crippen molar-refractivity contribution in [3.63, 3.8) is 0 Å². The average molecular weight is 417 g/mol. The Morgan fingerprint density at radius 3 is 2.17 bits per heavy atom. The number of rotatable bonds is 9. The number of aryl methyl sites for hydroxylation is 3. The second-order valence-corrected chi connectivity index (χ2v) is 7.49. The zero-order valence-corrected chi connectivity index (χ0v) is 17.4. The number of fused-ring (bicyclic) bond motifs is 2. The molecule has 1 aromatic carbocycles. The van der Waals surface area contributed by atoms with Crippen LogP contribution >= 0.6 is 0 Å². The zero-order valence-electron chi connectivity index (χ0n) is 17.4. The van der Waals surface area contributed by atoms with E-state index < -0.39 is 11.6 Å². The van der Waals surface area contributed by atoms with Crippen LogP contribution in [0.3, 0.4) is 0 Å². The molecule has 0 spiro atoms. The molecule has 0 aliphatic rings. The van der Waals surface area contributed by atoms with Crippen molar-refractivity contribution in [2.24, 2.45) is 0 Å². The van der Waals surface area contributed by atoms with E-state index in [1.807, 2.05) is 17.9 Å². The van der Waals surface area contributed by atoms with E-state index in [0.717, 1.165) is 10.9 Å². The molecule has 0 saturated heterocycles. The van der Waals surface area contributed by atoms with Crippen LogP contribution in [-0.4, -0.2) is 59.0 Å². The van der Waals surface area contributed by atoms with Gasteiger partial charge >= 0.3 is 11.6 Å². The largest absolute Gasteiger partial charge is 0.481 e. The van der Waals surface area contributed by atoms with Gasteiger partial charge in [0.1, 0.15) is 16.9 Å². The summed E-state index contributed by atoms with van der Waals surface area (Å²) in [7, 11) is 0. The number of hydrogen-bond donors (Lipinski definition) is 3. The summed E-state index contributed by atoms with van der Waals surface area (Å²) in [6.45, 7) is 6.62. The van der Waals surface area contributed by atoms with E-state index in [9.17, 15) is 24.9 Å². The number of furan rings is 1. The van der Waals surface area contributed by atoms with Crippen molar-refractivity contribution >= 4 is 27.9 Å². The molecule has 0 bridgehead atoms. The first-order valence-corrected chi connectivity index (χ1v) is 9.92. The summed E-state index contributed by atoms with van der Waals surface area (Å²) in [5.41, 5.74) is 3.13. The molecule has 30 heavy (non-hydrogen) atoms. The maximum absolute atomic E-state index is 12.7. The second kappa shape index (κ2) is 8.99. The summed E-state index contributed by atoms with van der Waals surface area (Å²) in [5.74, 6) is -0.405. The van der Waals surface area contributed by atoms with Crippen LogP contribution in [0.1, 0.15) is 28.0 Å². The standard InChI is InChI=1S/C22H27NO7/c1-12-15(4-5-23(6-8-24)7-9-25)22(28)30-20-13(2)21-18(10-16(12)20)17(11-19(26)27)14(3)29-21/h10,24-25H,4-9,11H2,1-3H3,(H,26,27). The van der Waals surface area contributed by atoms with Gasteiger partial charge in [-0.3, -0.25) is 9.69 Å². The highest BCUT2D eigenvalue weighted by Crippen LogP contribution is 2.35. The number of aliphatic carboxylic acids is 1. The van der Waals surface area contributed by atoms with Crippen LogP contribution in [0.2, 0.25) is 0 Å². The van der Waals surface area contributed by atoms with Gasteiger partial charge in [-0.15, -0.1) is 0 Å². The maximum atomic E-state index is 12.7. The topological polar surface area (TPSA) is 124 Å². The van der Waals surface area contributed by atoms with Crippen LogP contribution < -0.4 is 5.63 Å². The third-order valence-corrected chi connectivity index (χ3v) is 5.60. The van der Waals surface area contributed by atoms with Gasteiger partial charge in [-0.25, -0.2) is 4.79 Å². The Labute approximate surface area is 173 Å². The molecule has 2 heterocycles. The van der Waals surface area contributed by atoms with E-state index >= 15 is 0 Å². The van der Waals surface area contributed by atoms with Crippen LogP contribution in [-0.2, 0) is 17.6 Å². The smallest absolute Gasteiger partial charge is 0.339 e. The first kappa shape index (κ1) is 22.0. The van der Waals surface area contributed by atoms with Crippen molar-refractivity contribution in [3.05, 3.63) is 44.5 Å². The van der Waals surface area contributed by atoms with Gasteiger partial charge in [-0.2, -0.15) is 0 Å². The number of carbonyl (C=O) groups is 1. The molecular weight excluding hydrogens is 390 g/mol. The van der Waals surface area contributed by atoms with Gasteiger partial charge in [-0.05, 0) is 38.8 Å². The van der Waals surface area contributed by atoms with Crippen LogP contribution in [0.5, 0.6) is 0 Å². The highest BCUT2D eigenvalue weighted by molar-refractivity contribution is 6.01. The van der Waals surface area contributed by atoms with Crippen LogP contribution in [0, 0.1) is 20.8 Å². The third-order valence-electron chi connectivity index (χ3n) is 5.60. The van der Waals surface area contributed by atoms with Gasteiger partial charge in [-0.1, -0.05) is 0 Å². The van der Waals surface area contributed by atoms with Gasteiger partial charge in [0.05, 0.1) is 19.6 Å². The number of benzene rings is 1. The van der Waals surface area contributed by atoms with Crippen LogP contribution in [0.15, 0.2) is 19.7 Å². The lowest BCUT2D eigenvalue weighted by Gasteiger charge is -2.20. The molecule has 0 aliphatic heterocycles. The van der Waals surface area contributed by atoms with Crippen molar-refractivity contribution in [3.8, 4) is 0 Å². The Morgan fingerprint density at radius 2 is 1.57 bits per heavy atom. The summed E-state index contributed by atoms with van der Waals surface area (Å²) in [6.07, 6.45) is 0.261. The maximum Gasteiger partial charge on any atom is 0.339 e. The van der Waals surface area contributed by atoms with E-state index in [-0.39, 0.29) is 19.6 Å². The number of aliphatic hydroxyl groups excluding tert-OH is 2. The number of carboxylic acids is 1. The molecule has 3 rings (SSSR count). The monoisotopic (exact) mass is 417 g/mol. The Morgan fingerprint density at radius 1 is 0.933 bits per heavy atom. The Kier molecular flexibility index (Phi) is 6.60. The van der Waals surface area contributed by atoms with E-state index in [4.69, 9.17) is 8.83 Å². The summed E-state index contributed by atoms with van der Waals surface area (Å²) in [5, 5.41) is 29.1. The summed E-state index contributed by atoms with van der Waals surface area (Å²) >= 11 is 0. The minimum atomic E-state index is -0.941. The molecule has 0 radical (unpaired) electrons. The molecule has 3 aromatic rings. The van der Waals surface area contributed by atoms with Gasteiger partial charge in [0.2, 0.25) is 0 Å². The van der Waals surface area contributed by atoms with Crippen molar-refractivity contribution < 1.29 is 28.9 Å². The predicted octanol–water partition coefficient (Wildman–Crippen LogP) is 1.92. The SMILES string of the molecule is Cc1oc2c(C)c3oc(=O)c(CCN(CCO)CCO)c(C)c3cc2c1CC(=O)O. The molecule has 0 unspecified atom stereocenters. The van der Waals surface area contributed by atoms with E-state index in [1.165, 1.54) is 0 Å². The molecule has 8 heteroatoms. The van der Waals surface area contributed by atoms with Gasteiger partial charge < -0.3 is 24.2 Å². The lowest BCUT2D eigenvalue weighted by atomic mass is 9.98. The van der Waals surface area contributed by atoms with Gasteiger partial charge in [0.25, 0.3) is 0 Å². The highest BCUT2D eigenvalue weighted by Gasteiger charge is 2.21. The number of hydrogen-bond acceptors (Lipinski definition) is 7. The molecule has 0 aliphatic carbocycles. The van der Waals surface area contributed by atoms with Crippen molar-refractivity contribution in [2.45, 2.75) is 33.6 Å². The van der Waals surface area contributed by atoms with Crippen molar-refractivity contribution in [1.82, 2.24) is 4.90 Å². The number of carboxylic acid groups (broad SMARTS) is 1. The molecule has 3 N–H and O–H groups in total. The predicted molar refractivity (Wildman–Crippen MR) is 112 cm³/mol. The summed E-state index contributed by atoms with van der Waals surface area (Å²) < 4.78 is 11.4. The highest BCUT2D eigenvalue weighted by atomic mass is 16.4. The van der Waals surface area contributed by atoms with Gasteiger partial charge in [0.15, 0.2) is 0 Å². The normalized spacial score (nSPS) is 11.8. The molecule has 2 aromatic heterocycles. The molecule has 0 fully saturated rings. The minimum Gasteiger partial charge on any atom is -0.481 e. The van der Waals surface area contributed by atoms with Crippen molar-refractivity contribution in [2.75, 3.05) is 32.8 Å². The van der Waals surface area contributed by atoms with E-state index in [1.54, 1.807) is 13.8 Å². The van der Waals surface area contributed by atoms with Crippen LogP contribution in [0.4, 0.5) is 0 Å². The fraction of sp³-hybridized carbons (Fsp3) is 0.455. The Hall–Kier alpha value is -2.68. The summed E-state index contributed by atoms with van der Waals surface area (Å²) in [4.78, 5) is 25.9. The lowest BCUT2D eigenvalue weighted by Crippen LogP contribution is -2.32. The lowest BCUT2D eigenvalue weighted by molar-refractivity contribution is -0.136. The second-order valence-electron chi connectivity index (χ2n) is 7.49. The van der Waals surface area contributed by atoms with E-state index in [0.29, 0.717) is 65.1 Å². The molecule has 0 amide bonds.